The van der Waals surface area contributed by atoms with Gasteiger partial charge in [-0.3, -0.25) is 0 Å². The molecule has 21 heavy (non-hydrogen) atoms. The second kappa shape index (κ2) is 7.33. The predicted octanol–water partition coefficient (Wildman–Crippen LogP) is 2.07. The number of nitrogens with zero attached hydrogens (tertiary/aromatic N) is 1. The van der Waals surface area contributed by atoms with Gasteiger partial charge in [-0.15, -0.1) is 0 Å². The van der Waals surface area contributed by atoms with E-state index in [1.54, 1.807) is 24.3 Å². The fraction of sp³-hybridized carbons (Fsp3) is 0.533. The number of thiocarbonyl (C=S) groups is 1. The van der Waals surface area contributed by atoms with Crippen LogP contribution in [0.25, 0.3) is 0 Å². The third kappa shape index (κ3) is 5.05. The Hall–Kier alpha value is -0.980. The molecule has 1 rings (SSSR count). The molecule has 4 nitrogen and oxygen atoms in total. The molecule has 0 radical (unpaired) electrons. The molecule has 6 heteroatoms. The van der Waals surface area contributed by atoms with Crippen LogP contribution in [0.3, 0.4) is 0 Å². The van der Waals surface area contributed by atoms with Crippen LogP contribution in [0.2, 0.25) is 0 Å². The Labute approximate surface area is 133 Å². The van der Waals surface area contributed by atoms with Crippen molar-refractivity contribution in [3.63, 3.8) is 0 Å². The van der Waals surface area contributed by atoms with Crippen LogP contribution in [0.4, 0.5) is 0 Å². The van der Waals surface area contributed by atoms with E-state index in [4.69, 9.17) is 18.0 Å². The molecule has 1 atom stereocenters. The molecule has 0 saturated carbocycles. The Morgan fingerprint density at radius 2 is 1.76 bits per heavy atom. The summed E-state index contributed by atoms with van der Waals surface area (Å²) < 4.78 is 24.6. The van der Waals surface area contributed by atoms with E-state index in [2.05, 4.69) is 25.7 Å². The monoisotopic (exact) mass is 328 g/mol. The quantitative estimate of drug-likeness (QED) is 0.776. The van der Waals surface area contributed by atoms with Gasteiger partial charge >= 0.3 is 0 Å². The summed E-state index contributed by atoms with van der Waals surface area (Å²) in [5.41, 5.74) is 6.18. The van der Waals surface area contributed by atoms with Crippen LogP contribution in [0, 0.1) is 5.92 Å². The molecule has 0 aliphatic rings. The second-order valence-electron chi connectivity index (χ2n) is 5.67. The average molecular weight is 329 g/mol. The summed E-state index contributed by atoms with van der Waals surface area (Å²) in [5.74, 6) is 0.593. The van der Waals surface area contributed by atoms with Gasteiger partial charge in [-0.25, -0.2) is 8.42 Å². The van der Waals surface area contributed by atoms with Gasteiger partial charge in [0, 0.05) is 18.2 Å². The Kier molecular flexibility index (Phi) is 6.31. The van der Waals surface area contributed by atoms with Crippen LogP contribution < -0.4 is 5.73 Å². The van der Waals surface area contributed by atoms with Gasteiger partial charge in [-0.1, -0.05) is 38.2 Å². The van der Waals surface area contributed by atoms with E-state index < -0.39 is 9.84 Å². The normalized spacial score (nSPS) is 13.6. The minimum absolute atomic E-state index is 0.104. The first-order valence-electron chi connectivity index (χ1n) is 6.98. The zero-order chi connectivity index (χ0) is 16.2. The van der Waals surface area contributed by atoms with Crippen LogP contribution in [0.1, 0.15) is 26.3 Å². The van der Waals surface area contributed by atoms with Crippen molar-refractivity contribution < 1.29 is 8.42 Å². The molecule has 0 aliphatic heterocycles. The van der Waals surface area contributed by atoms with Crippen molar-refractivity contribution >= 4 is 27.0 Å². The summed E-state index contributed by atoms with van der Waals surface area (Å²) in [6.07, 6.45) is 0. The number of sulfone groups is 1. The Morgan fingerprint density at radius 3 is 2.19 bits per heavy atom. The molecule has 0 spiro atoms. The van der Waals surface area contributed by atoms with Crippen LogP contribution in [-0.4, -0.2) is 43.7 Å². The van der Waals surface area contributed by atoms with Gasteiger partial charge in [-0.2, -0.15) is 0 Å². The lowest BCUT2D eigenvalue weighted by atomic mass is 10.1. The van der Waals surface area contributed by atoms with Crippen molar-refractivity contribution in [3.8, 4) is 0 Å². The van der Waals surface area contributed by atoms with Gasteiger partial charge in [0.25, 0.3) is 0 Å². The minimum atomic E-state index is -3.28. The molecule has 0 heterocycles. The van der Waals surface area contributed by atoms with Crippen molar-refractivity contribution in [3.05, 3.63) is 29.8 Å². The maximum Gasteiger partial charge on any atom is 0.179 e. The Morgan fingerprint density at radius 1 is 1.24 bits per heavy atom. The molecular weight excluding hydrogens is 304 g/mol. The van der Waals surface area contributed by atoms with E-state index in [1.165, 1.54) is 0 Å². The summed E-state index contributed by atoms with van der Waals surface area (Å²) in [7, 11) is -1.33. The summed E-state index contributed by atoms with van der Waals surface area (Å²) >= 11 is 4.86. The van der Waals surface area contributed by atoms with E-state index in [0.29, 0.717) is 29.0 Å². The van der Waals surface area contributed by atoms with Crippen molar-refractivity contribution in [2.24, 2.45) is 11.7 Å². The van der Waals surface area contributed by atoms with Crippen LogP contribution in [-0.2, 0) is 9.84 Å². The lowest BCUT2D eigenvalue weighted by Gasteiger charge is -2.27. The van der Waals surface area contributed by atoms with Gasteiger partial charge in [0.1, 0.15) is 4.99 Å². The van der Waals surface area contributed by atoms with Crippen LogP contribution in [0.5, 0.6) is 0 Å². The molecule has 1 unspecified atom stereocenters. The molecular formula is C15H24N2O2S2. The largest absolute Gasteiger partial charge is 0.389 e. The highest BCUT2D eigenvalue weighted by Gasteiger charge is 2.18. The van der Waals surface area contributed by atoms with Gasteiger partial charge in [-0.05, 0) is 32.0 Å². The Bertz CT molecular complexity index is 580. The highest BCUT2D eigenvalue weighted by molar-refractivity contribution is 7.91. The van der Waals surface area contributed by atoms with E-state index in [9.17, 15) is 8.42 Å². The van der Waals surface area contributed by atoms with Crippen molar-refractivity contribution in [2.45, 2.75) is 31.7 Å². The van der Waals surface area contributed by atoms with E-state index >= 15 is 0 Å². The molecule has 0 amide bonds. The standard InChI is InChI=1S/C15H24N2O2S2/c1-11(2)12(3)17(4)9-10-21(18,19)14-7-5-13(6-8-14)15(16)20/h5-8,11-12H,9-10H2,1-4H3,(H2,16,20). The number of nitrogens with two attached hydrogens (primary N) is 1. The summed E-state index contributed by atoms with van der Waals surface area (Å²) in [4.78, 5) is 2.66. The molecule has 1 aromatic rings. The molecule has 0 fully saturated rings. The van der Waals surface area contributed by atoms with Crippen LogP contribution in [0.15, 0.2) is 29.2 Å². The molecule has 0 bridgehead atoms. The SMILES string of the molecule is CC(C)C(C)N(C)CCS(=O)(=O)c1ccc(C(N)=S)cc1. The lowest BCUT2D eigenvalue weighted by molar-refractivity contribution is 0.219. The molecule has 2 N–H and O–H groups in total. The number of benzene rings is 1. The fourth-order valence-corrected chi connectivity index (χ4v) is 3.37. The maximum absolute atomic E-state index is 12.3. The summed E-state index contributed by atoms with van der Waals surface area (Å²) in [6.45, 7) is 6.88. The fourth-order valence-electron chi connectivity index (χ4n) is 1.92. The second-order valence-corrected chi connectivity index (χ2v) is 8.22. The predicted molar refractivity (Wildman–Crippen MR) is 91.3 cm³/mol. The first-order chi connectivity index (χ1) is 9.65. The maximum atomic E-state index is 12.3. The first-order valence-corrected chi connectivity index (χ1v) is 9.04. The van der Waals surface area contributed by atoms with E-state index in [0.717, 1.165) is 0 Å². The van der Waals surface area contributed by atoms with Gasteiger partial charge in [0.05, 0.1) is 10.6 Å². The number of rotatable bonds is 7. The molecule has 0 aliphatic carbocycles. The van der Waals surface area contributed by atoms with Crippen molar-refractivity contribution in [1.82, 2.24) is 4.90 Å². The third-order valence-electron chi connectivity index (χ3n) is 3.87. The van der Waals surface area contributed by atoms with Crippen LogP contribution >= 0.6 is 12.2 Å². The van der Waals surface area contributed by atoms with Crippen molar-refractivity contribution in [1.29, 1.82) is 0 Å². The Balaban J connectivity index is 2.76. The van der Waals surface area contributed by atoms with E-state index in [1.807, 2.05) is 7.05 Å². The highest BCUT2D eigenvalue weighted by atomic mass is 32.2. The molecule has 118 valence electrons. The average Bonchev–Trinajstić information content (AvgIpc) is 2.44. The highest BCUT2D eigenvalue weighted by Crippen LogP contribution is 2.14. The third-order valence-corrected chi connectivity index (χ3v) is 5.82. The van der Waals surface area contributed by atoms with Gasteiger partial charge in [0.15, 0.2) is 9.84 Å². The lowest BCUT2D eigenvalue weighted by Crippen LogP contribution is -2.36. The number of hydrogen-bond donors (Lipinski definition) is 1. The molecule has 1 aromatic carbocycles. The van der Waals surface area contributed by atoms with Gasteiger partial charge in [0.2, 0.25) is 0 Å². The molecule has 0 saturated heterocycles. The summed E-state index contributed by atoms with van der Waals surface area (Å²) in [6, 6.07) is 6.77. The smallest absolute Gasteiger partial charge is 0.179 e. The zero-order valence-corrected chi connectivity index (χ0v) is 14.7. The van der Waals surface area contributed by atoms with Gasteiger partial charge < -0.3 is 10.6 Å². The first kappa shape index (κ1) is 18.1. The zero-order valence-electron chi connectivity index (χ0n) is 13.0. The van der Waals surface area contributed by atoms with E-state index in [-0.39, 0.29) is 10.7 Å². The molecule has 0 aromatic heterocycles. The minimum Gasteiger partial charge on any atom is -0.389 e. The number of hydrogen-bond acceptors (Lipinski definition) is 4. The van der Waals surface area contributed by atoms with Crippen molar-refractivity contribution in [2.75, 3.05) is 19.3 Å². The summed E-state index contributed by atoms with van der Waals surface area (Å²) in [5, 5.41) is 0. The topological polar surface area (TPSA) is 63.4 Å².